The molecule has 0 saturated heterocycles. The van der Waals surface area contributed by atoms with Crippen molar-refractivity contribution in [3.63, 3.8) is 0 Å². The third-order valence-electron chi connectivity index (χ3n) is 2.69. The summed E-state index contributed by atoms with van der Waals surface area (Å²) in [6, 6.07) is 3.91. The van der Waals surface area contributed by atoms with E-state index in [1.165, 1.54) is 0 Å². The molecule has 5 heteroatoms. The van der Waals surface area contributed by atoms with Gasteiger partial charge in [-0.15, -0.1) is 10.2 Å². The Morgan fingerprint density at radius 3 is 2.53 bits per heavy atom. The van der Waals surface area contributed by atoms with Gasteiger partial charge in [0.05, 0.1) is 17.8 Å². The Kier molecular flexibility index (Phi) is 3.66. The molecule has 19 heavy (non-hydrogen) atoms. The van der Waals surface area contributed by atoms with Crippen LogP contribution in [0.4, 0.5) is 0 Å². The van der Waals surface area contributed by atoms with E-state index in [1.807, 2.05) is 26.0 Å². The molecule has 5 nitrogen and oxygen atoms in total. The molecule has 102 valence electrons. The number of aryl methyl sites for hydroxylation is 2. The summed E-state index contributed by atoms with van der Waals surface area (Å²) < 4.78 is 5.66. The summed E-state index contributed by atoms with van der Waals surface area (Å²) >= 11 is 0. The van der Waals surface area contributed by atoms with Gasteiger partial charge in [-0.2, -0.15) is 0 Å². The van der Waals surface area contributed by atoms with Crippen molar-refractivity contribution in [3.8, 4) is 11.5 Å². The van der Waals surface area contributed by atoms with E-state index in [4.69, 9.17) is 4.42 Å². The SMILES string of the molecule is Cc1ccc(-c2nnc(CNC(C)(C)C)o2)c(C)n1. The molecular formula is C14H20N4O. The highest BCUT2D eigenvalue weighted by Crippen LogP contribution is 2.21. The van der Waals surface area contributed by atoms with Crippen LogP contribution in [-0.4, -0.2) is 20.7 Å². The Hall–Kier alpha value is -1.75. The fraction of sp³-hybridized carbons (Fsp3) is 0.500. The lowest BCUT2D eigenvalue weighted by atomic mass is 10.1. The van der Waals surface area contributed by atoms with Gasteiger partial charge in [0.25, 0.3) is 0 Å². The summed E-state index contributed by atoms with van der Waals surface area (Å²) in [5.74, 6) is 1.11. The van der Waals surface area contributed by atoms with Gasteiger partial charge in [0, 0.05) is 11.2 Å². The zero-order valence-corrected chi connectivity index (χ0v) is 12.1. The fourth-order valence-corrected chi connectivity index (χ4v) is 1.69. The summed E-state index contributed by atoms with van der Waals surface area (Å²) in [6.07, 6.45) is 0. The van der Waals surface area contributed by atoms with E-state index in [0.29, 0.717) is 18.3 Å². The normalized spacial score (nSPS) is 11.8. The summed E-state index contributed by atoms with van der Waals surface area (Å²) in [4.78, 5) is 4.40. The van der Waals surface area contributed by atoms with Crippen LogP contribution in [-0.2, 0) is 6.54 Å². The largest absolute Gasteiger partial charge is 0.419 e. The molecule has 0 atom stereocenters. The number of aromatic nitrogens is 3. The van der Waals surface area contributed by atoms with Gasteiger partial charge in [0.1, 0.15) is 0 Å². The lowest BCUT2D eigenvalue weighted by Gasteiger charge is -2.18. The minimum atomic E-state index is 0.0238. The van der Waals surface area contributed by atoms with Gasteiger partial charge in [0.15, 0.2) is 0 Å². The smallest absolute Gasteiger partial charge is 0.249 e. The Labute approximate surface area is 113 Å². The second-order valence-corrected chi connectivity index (χ2v) is 5.69. The molecule has 0 aliphatic heterocycles. The van der Waals surface area contributed by atoms with Crippen LogP contribution in [0.2, 0.25) is 0 Å². The van der Waals surface area contributed by atoms with E-state index in [0.717, 1.165) is 17.0 Å². The Balaban J connectivity index is 2.16. The van der Waals surface area contributed by atoms with Gasteiger partial charge < -0.3 is 9.73 Å². The molecule has 1 N–H and O–H groups in total. The maximum absolute atomic E-state index is 5.66. The van der Waals surface area contributed by atoms with Crippen LogP contribution < -0.4 is 5.32 Å². The standard InChI is InChI=1S/C14H20N4O/c1-9-6-7-11(10(2)16-9)13-18-17-12(19-13)8-15-14(3,4)5/h6-7,15H,8H2,1-5H3. The van der Waals surface area contributed by atoms with Gasteiger partial charge in [-0.05, 0) is 46.8 Å². The van der Waals surface area contributed by atoms with E-state index in [-0.39, 0.29) is 5.54 Å². The highest BCUT2D eigenvalue weighted by atomic mass is 16.4. The lowest BCUT2D eigenvalue weighted by Crippen LogP contribution is -2.35. The van der Waals surface area contributed by atoms with E-state index in [2.05, 4.69) is 41.3 Å². The first kappa shape index (κ1) is 13.7. The second-order valence-electron chi connectivity index (χ2n) is 5.69. The van der Waals surface area contributed by atoms with E-state index in [1.54, 1.807) is 0 Å². The van der Waals surface area contributed by atoms with Crippen LogP contribution >= 0.6 is 0 Å². The number of hydrogen-bond donors (Lipinski definition) is 1. The molecule has 0 saturated carbocycles. The molecule has 0 fully saturated rings. The quantitative estimate of drug-likeness (QED) is 0.919. The van der Waals surface area contributed by atoms with Crippen LogP contribution in [0.5, 0.6) is 0 Å². The maximum Gasteiger partial charge on any atom is 0.249 e. The third kappa shape index (κ3) is 3.61. The topological polar surface area (TPSA) is 63.8 Å². The Morgan fingerprint density at radius 1 is 1.16 bits per heavy atom. The zero-order valence-electron chi connectivity index (χ0n) is 12.1. The van der Waals surface area contributed by atoms with Crippen molar-refractivity contribution in [2.75, 3.05) is 0 Å². The van der Waals surface area contributed by atoms with Crippen LogP contribution in [0.15, 0.2) is 16.5 Å². The maximum atomic E-state index is 5.66. The molecule has 2 aromatic rings. The fourth-order valence-electron chi connectivity index (χ4n) is 1.69. The Morgan fingerprint density at radius 2 is 1.89 bits per heavy atom. The summed E-state index contributed by atoms with van der Waals surface area (Å²) in [5, 5.41) is 11.4. The van der Waals surface area contributed by atoms with E-state index in [9.17, 15) is 0 Å². The van der Waals surface area contributed by atoms with Gasteiger partial charge in [-0.1, -0.05) is 0 Å². The van der Waals surface area contributed by atoms with Crippen molar-refractivity contribution in [2.24, 2.45) is 0 Å². The molecule has 0 aliphatic carbocycles. The lowest BCUT2D eigenvalue weighted by molar-refractivity contribution is 0.383. The molecule has 2 rings (SSSR count). The van der Waals surface area contributed by atoms with Gasteiger partial charge in [0.2, 0.25) is 11.8 Å². The monoisotopic (exact) mass is 260 g/mol. The average Bonchev–Trinajstić information content (AvgIpc) is 2.74. The molecule has 2 heterocycles. The highest BCUT2D eigenvalue weighted by Gasteiger charge is 2.14. The minimum Gasteiger partial charge on any atom is -0.419 e. The molecule has 0 bridgehead atoms. The van der Waals surface area contributed by atoms with Crippen LogP contribution in [0.25, 0.3) is 11.5 Å². The molecule has 0 amide bonds. The molecule has 0 aliphatic rings. The predicted molar refractivity (Wildman–Crippen MR) is 73.6 cm³/mol. The zero-order chi connectivity index (χ0) is 14.0. The summed E-state index contributed by atoms with van der Waals surface area (Å²) in [5.41, 5.74) is 2.80. The van der Waals surface area contributed by atoms with Crippen LogP contribution in [0.1, 0.15) is 38.0 Å². The van der Waals surface area contributed by atoms with Crippen molar-refractivity contribution < 1.29 is 4.42 Å². The highest BCUT2D eigenvalue weighted by molar-refractivity contribution is 5.55. The summed E-state index contributed by atoms with van der Waals surface area (Å²) in [7, 11) is 0. The van der Waals surface area contributed by atoms with Gasteiger partial charge in [-0.3, -0.25) is 4.98 Å². The van der Waals surface area contributed by atoms with E-state index < -0.39 is 0 Å². The number of nitrogens with one attached hydrogen (secondary N) is 1. The van der Waals surface area contributed by atoms with Crippen molar-refractivity contribution in [1.82, 2.24) is 20.5 Å². The third-order valence-corrected chi connectivity index (χ3v) is 2.69. The van der Waals surface area contributed by atoms with E-state index >= 15 is 0 Å². The number of hydrogen-bond acceptors (Lipinski definition) is 5. The molecule has 2 aromatic heterocycles. The van der Waals surface area contributed by atoms with Crippen LogP contribution in [0, 0.1) is 13.8 Å². The second kappa shape index (κ2) is 5.09. The van der Waals surface area contributed by atoms with Crippen molar-refractivity contribution in [3.05, 3.63) is 29.4 Å². The van der Waals surface area contributed by atoms with Crippen molar-refractivity contribution >= 4 is 0 Å². The molecule has 0 radical (unpaired) electrons. The first-order valence-electron chi connectivity index (χ1n) is 6.37. The first-order valence-corrected chi connectivity index (χ1v) is 6.37. The molecular weight excluding hydrogens is 240 g/mol. The van der Waals surface area contributed by atoms with Crippen molar-refractivity contribution in [2.45, 2.75) is 46.7 Å². The van der Waals surface area contributed by atoms with Crippen molar-refractivity contribution in [1.29, 1.82) is 0 Å². The molecule has 0 aromatic carbocycles. The van der Waals surface area contributed by atoms with Crippen LogP contribution in [0.3, 0.4) is 0 Å². The first-order chi connectivity index (χ1) is 8.85. The number of pyridine rings is 1. The van der Waals surface area contributed by atoms with Gasteiger partial charge >= 0.3 is 0 Å². The predicted octanol–water partition coefficient (Wildman–Crippen LogP) is 2.64. The number of nitrogens with zero attached hydrogens (tertiary/aromatic N) is 3. The Bertz CT molecular complexity index is 569. The molecule has 0 unspecified atom stereocenters. The van der Waals surface area contributed by atoms with Gasteiger partial charge in [-0.25, -0.2) is 0 Å². The molecule has 0 spiro atoms. The average molecular weight is 260 g/mol. The summed E-state index contributed by atoms with van der Waals surface area (Å²) in [6.45, 7) is 10.8. The number of rotatable bonds is 3. The minimum absolute atomic E-state index is 0.0238.